The Hall–Kier alpha value is -2.61. The molecule has 1 spiro atoms. The van der Waals surface area contributed by atoms with E-state index in [2.05, 4.69) is 0 Å². The van der Waals surface area contributed by atoms with Crippen LogP contribution in [-0.4, -0.2) is 57.9 Å². The zero-order valence-corrected chi connectivity index (χ0v) is 18.5. The number of carboxylic acid groups (broad SMARTS) is 1. The van der Waals surface area contributed by atoms with Gasteiger partial charge in [0.05, 0.1) is 11.8 Å². The van der Waals surface area contributed by atoms with E-state index in [0.717, 1.165) is 12.8 Å². The average Bonchev–Trinajstić information content (AvgIpc) is 2.82. The molecule has 1 aromatic rings. The van der Waals surface area contributed by atoms with Crippen LogP contribution in [0.4, 0.5) is 0 Å². The summed E-state index contributed by atoms with van der Waals surface area (Å²) in [5.74, 6) is -1.94. The van der Waals surface area contributed by atoms with Crippen molar-refractivity contribution in [1.82, 2.24) is 4.90 Å². The number of piperidine rings is 1. The highest BCUT2D eigenvalue weighted by atomic mass is 32.2. The van der Waals surface area contributed by atoms with E-state index in [0.29, 0.717) is 66.3 Å². The van der Waals surface area contributed by atoms with Gasteiger partial charge in [-0.05, 0) is 12.8 Å². The van der Waals surface area contributed by atoms with Crippen LogP contribution in [0.25, 0.3) is 5.76 Å². The minimum atomic E-state index is -0.877. The third kappa shape index (κ3) is 3.45. The predicted molar refractivity (Wildman–Crippen MR) is 118 cm³/mol. The van der Waals surface area contributed by atoms with Gasteiger partial charge in [0.25, 0.3) is 0 Å². The molecule has 4 aliphatic rings. The summed E-state index contributed by atoms with van der Waals surface area (Å²) < 4.78 is 6.45. The number of allylic oxidation sites excluding steroid dienone is 1. The minimum absolute atomic E-state index is 0.0564. The van der Waals surface area contributed by atoms with Crippen molar-refractivity contribution in [2.45, 2.75) is 44.1 Å². The van der Waals surface area contributed by atoms with Crippen molar-refractivity contribution in [3.8, 4) is 0 Å². The summed E-state index contributed by atoms with van der Waals surface area (Å²) in [6.45, 7) is 0.999. The van der Waals surface area contributed by atoms with Crippen molar-refractivity contribution in [2.75, 3.05) is 18.8 Å². The molecule has 8 heteroatoms. The summed E-state index contributed by atoms with van der Waals surface area (Å²) in [7, 11) is 0. The second kappa shape index (κ2) is 8.06. The monoisotopic (exact) mass is 455 g/mol. The van der Waals surface area contributed by atoms with E-state index in [1.807, 2.05) is 12.1 Å². The van der Waals surface area contributed by atoms with Crippen LogP contribution in [0.15, 0.2) is 29.2 Å². The minimum Gasteiger partial charge on any atom is -0.484 e. The molecule has 168 valence electrons. The number of amides is 1. The summed E-state index contributed by atoms with van der Waals surface area (Å²) in [6, 6.07) is 7.02. The summed E-state index contributed by atoms with van der Waals surface area (Å²) in [6.07, 6.45) is 4.16. The Bertz CT molecular complexity index is 1040. The molecule has 0 radical (unpaired) electrons. The highest BCUT2D eigenvalue weighted by Gasteiger charge is 2.47. The van der Waals surface area contributed by atoms with Gasteiger partial charge in [0.15, 0.2) is 0 Å². The van der Waals surface area contributed by atoms with E-state index in [9.17, 15) is 24.3 Å². The quantitative estimate of drug-likeness (QED) is 0.684. The molecule has 0 aromatic heterocycles. The zero-order valence-electron chi connectivity index (χ0n) is 17.7. The lowest BCUT2D eigenvalue weighted by molar-refractivity contribution is -0.153. The van der Waals surface area contributed by atoms with Crippen molar-refractivity contribution >= 4 is 41.0 Å². The highest BCUT2D eigenvalue weighted by molar-refractivity contribution is 8.04. The Kier molecular flexibility index (Phi) is 5.35. The van der Waals surface area contributed by atoms with E-state index in [-0.39, 0.29) is 5.91 Å². The molecule has 2 heterocycles. The van der Waals surface area contributed by atoms with Gasteiger partial charge in [0.1, 0.15) is 16.3 Å². The zero-order chi connectivity index (χ0) is 22.5. The molecule has 1 amide bonds. The van der Waals surface area contributed by atoms with E-state index >= 15 is 0 Å². The molecule has 1 saturated heterocycles. The number of hydrogen-bond donors (Lipinski definition) is 1. The van der Waals surface area contributed by atoms with Crippen LogP contribution >= 0.6 is 11.8 Å². The van der Waals surface area contributed by atoms with Crippen molar-refractivity contribution < 1.29 is 29.0 Å². The number of thioether (sulfide) groups is 1. The largest absolute Gasteiger partial charge is 0.484 e. The maximum Gasteiger partial charge on any atom is 0.307 e. The Morgan fingerprint density at radius 3 is 2.34 bits per heavy atom. The molecule has 7 nitrogen and oxygen atoms in total. The van der Waals surface area contributed by atoms with Crippen LogP contribution in [0.1, 0.15) is 54.4 Å². The number of hydrogen-bond acceptors (Lipinski definition) is 6. The number of ketones is 2. The number of Topliss-reactive ketones (excluding diaryl/α,β-unsaturated/α-hetero) is 2. The summed E-state index contributed by atoms with van der Waals surface area (Å²) in [5.41, 5.74) is 0.523. The lowest BCUT2D eigenvalue weighted by Gasteiger charge is -2.46. The molecule has 5 rings (SSSR count). The van der Waals surface area contributed by atoms with Crippen LogP contribution in [0, 0.1) is 11.8 Å². The standard InChI is InChI=1S/C24H25NO6S/c26-18-14-5-1-2-6-15(14)20-21(19(18)27)32-13-24(31-20)9-11-25(12-10-24)22(28)16-7-3-4-8-17(16)23(29)30/h1-2,5-6,16-17H,3-4,7-13H2,(H,29,30). The van der Waals surface area contributed by atoms with Gasteiger partial charge in [-0.1, -0.05) is 37.1 Å². The first kappa shape index (κ1) is 21.2. The molecule has 2 fully saturated rings. The number of carbonyl (C=O) groups is 4. The molecule has 2 aliphatic carbocycles. The van der Waals surface area contributed by atoms with Gasteiger partial charge in [-0.2, -0.15) is 0 Å². The normalized spacial score (nSPS) is 26.9. The number of aliphatic carboxylic acids is 1. The third-order valence-corrected chi connectivity index (χ3v) is 8.55. The number of nitrogens with zero attached hydrogens (tertiary/aromatic N) is 1. The van der Waals surface area contributed by atoms with Gasteiger partial charge in [-0.3, -0.25) is 19.2 Å². The first-order valence-electron chi connectivity index (χ1n) is 11.2. The number of benzene rings is 1. The fourth-order valence-corrected chi connectivity index (χ4v) is 6.61. The summed E-state index contributed by atoms with van der Waals surface area (Å²) in [5, 5.41) is 9.53. The maximum absolute atomic E-state index is 13.1. The van der Waals surface area contributed by atoms with Gasteiger partial charge in [-0.15, -0.1) is 11.8 Å². The van der Waals surface area contributed by atoms with E-state index in [4.69, 9.17) is 4.74 Å². The number of likely N-dealkylation sites (tertiary alicyclic amines) is 1. The lowest BCUT2D eigenvalue weighted by Crippen LogP contribution is -2.53. The first-order valence-corrected chi connectivity index (χ1v) is 12.1. The first-order chi connectivity index (χ1) is 15.4. The van der Waals surface area contributed by atoms with Gasteiger partial charge >= 0.3 is 5.97 Å². The molecule has 2 aliphatic heterocycles. The molecular weight excluding hydrogens is 430 g/mol. The molecule has 2 atom stereocenters. The number of carboxylic acids is 1. The van der Waals surface area contributed by atoms with Crippen molar-refractivity contribution in [3.05, 3.63) is 40.3 Å². The van der Waals surface area contributed by atoms with Crippen LogP contribution in [-0.2, 0) is 19.1 Å². The Labute approximate surface area is 190 Å². The van der Waals surface area contributed by atoms with Crippen LogP contribution < -0.4 is 0 Å². The fraction of sp³-hybridized carbons (Fsp3) is 0.500. The van der Waals surface area contributed by atoms with Crippen LogP contribution in [0.3, 0.4) is 0 Å². The summed E-state index contributed by atoms with van der Waals surface area (Å²) >= 11 is 1.37. The van der Waals surface area contributed by atoms with Gasteiger partial charge in [-0.25, -0.2) is 0 Å². The second-order valence-electron chi connectivity index (χ2n) is 9.10. The second-order valence-corrected chi connectivity index (χ2v) is 10.1. The maximum atomic E-state index is 13.1. The van der Waals surface area contributed by atoms with Gasteiger partial charge < -0.3 is 14.7 Å². The molecule has 1 N–H and O–H groups in total. The van der Waals surface area contributed by atoms with Gasteiger partial charge in [0.2, 0.25) is 17.5 Å². The van der Waals surface area contributed by atoms with E-state index in [1.165, 1.54) is 11.8 Å². The molecular formula is C24H25NO6S. The molecule has 2 unspecified atom stereocenters. The van der Waals surface area contributed by atoms with Crippen LogP contribution in [0.2, 0.25) is 0 Å². The fourth-order valence-electron chi connectivity index (χ4n) is 5.35. The van der Waals surface area contributed by atoms with Gasteiger partial charge in [0, 0.05) is 42.8 Å². The van der Waals surface area contributed by atoms with E-state index in [1.54, 1.807) is 17.0 Å². The van der Waals surface area contributed by atoms with Crippen molar-refractivity contribution in [2.24, 2.45) is 11.8 Å². The molecule has 1 aromatic carbocycles. The number of fused-ring (bicyclic) bond motifs is 2. The third-order valence-electron chi connectivity index (χ3n) is 7.22. The smallest absolute Gasteiger partial charge is 0.307 e. The number of carbonyl (C=O) groups excluding carboxylic acids is 3. The summed E-state index contributed by atoms with van der Waals surface area (Å²) in [4.78, 5) is 52.0. The topological polar surface area (TPSA) is 101 Å². The Morgan fingerprint density at radius 1 is 1.00 bits per heavy atom. The number of ether oxygens (including phenoxy) is 1. The SMILES string of the molecule is O=C1C(=O)c2ccccc2C2=C1SCC1(CCN(C(=O)C3CCCCC3C(=O)O)CC1)O2. The van der Waals surface area contributed by atoms with Crippen molar-refractivity contribution in [1.29, 1.82) is 0 Å². The molecule has 0 bridgehead atoms. The molecule has 32 heavy (non-hydrogen) atoms. The van der Waals surface area contributed by atoms with Crippen molar-refractivity contribution in [3.63, 3.8) is 0 Å². The predicted octanol–water partition coefficient (Wildman–Crippen LogP) is 3.14. The Morgan fingerprint density at radius 2 is 1.66 bits per heavy atom. The van der Waals surface area contributed by atoms with E-state index < -0.39 is 35.0 Å². The van der Waals surface area contributed by atoms with Crippen LogP contribution in [0.5, 0.6) is 0 Å². The highest BCUT2D eigenvalue weighted by Crippen LogP contribution is 2.47. The Balaban J connectivity index is 1.32. The lowest BCUT2D eigenvalue weighted by atomic mass is 9.78. The average molecular weight is 456 g/mol. The molecule has 1 saturated carbocycles. The number of rotatable bonds is 2.